The van der Waals surface area contributed by atoms with Crippen LogP contribution in [0.4, 0.5) is 10.5 Å². The van der Waals surface area contributed by atoms with E-state index in [1.165, 1.54) is 0 Å². The summed E-state index contributed by atoms with van der Waals surface area (Å²) in [5, 5.41) is 6.27. The molecule has 2 N–H and O–H groups in total. The number of halogens is 1. The predicted octanol–water partition coefficient (Wildman–Crippen LogP) is 4.02. The van der Waals surface area contributed by atoms with Gasteiger partial charge in [0.2, 0.25) is 0 Å². The number of ether oxygens (including phenoxy) is 1. The van der Waals surface area contributed by atoms with E-state index in [0.717, 1.165) is 12.8 Å². The molecule has 0 spiro atoms. The van der Waals surface area contributed by atoms with Crippen LogP contribution in [0, 0.1) is 5.92 Å². The van der Waals surface area contributed by atoms with E-state index in [1.807, 2.05) is 18.2 Å². The molecule has 148 valence electrons. The molecule has 1 atom stereocenters. The first-order chi connectivity index (χ1) is 13.6. The summed E-state index contributed by atoms with van der Waals surface area (Å²) in [6.07, 6.45) is 1.85. The number of amides is 3. The number of urea groups is 1. The van der Waals surface area contributed by atoms with Gasteiger partial charge in [-0.1, -0.05) is 35.9 Å². The zero-order chi connectivity index (χ0) is 19.9. The van der Waals surface area contributed by atoms with Crippen LogP contribution in [-0.2, 0) is 0 Å². The van der Waals surface area contributed by atoms with E-state index < -0.39 is 0 Å². The number of hydrogen-bond acceptors (Lipinski definition) is 3. The van der Waals surface area contributed by atoms with Crippen LogP contribution in [0.1, 0.15) is 23.2 Å². The number of methoxy groups -OCH3 is 1. The Balaban J connectivity index is 1.54. The fourth-order valence-corrected chi connectivity index (χ4v) is 3.56. The minimum atomic E-state index is -0.193. The number of anilines is 1. The van der Waals surface area contributed by atoms with E-state index in [1.54, 1.807) is 42.3 Å². The number of nitrogens with one attached hydrogen (secondary N) is 2. The third-order valence-corrected chi connectivity index (χ3v) is 5.15. The van der Waals surface area contributed by atoms with Gasteiger partial charge in [-0.15, -0.1) is 0 Å². The molecule has 1 aliphatic rings. The summed E-state index contributed by atoms with van der Waals surface area (Å²) in [7, 11) is 1.57. The van der Waals surface area contributed by atoms with Crippen molar-refractivity contribution in [2.75, 3.05) is 32.1 Å². The van der Waals surface area contributed by atoms with Gasteiger partial charge in [0.1, 0.15) is 5.75 Å². The van der Waals surface area contributed by atoms with Gasteiger partial charge in [0.15, 0.2) is 0 Å². The number of hydrogen-bond donors (Lipinski definition) is 2. The molecular formula is C21H24ClN3O3. The maximum absolute atomic E-state index is 12.6. The average Bonchev–Trinajstić information content (AvgIpc) is 2.73. The second kappa shape index (κ2) is 9.46. The molecule has 3 amide bonds. The lowest BCUT2D eigenvalue weighted by molar-refractivity contribution is 0.0938. The summed E-state index contributed by atoms with van der Waals surface area (Å²) >= 11 is 6.07. The highest BCUT2D eigenvalue weighted by molar-refractivity contribution is 6.33. The van der Waals surface area contributed by atoms with Gasteiger partial charge in [0.05, 0.1) is 23.4 Å². The van der Waals surface area contributed by atoms with Gasteiger partial charge in [-0.25, -0.2) is 4.79 Å². The van der Waals surface area contributed by atoms with Gasteiger partial charge in [-0.3, -0.25) is 4.79 Å². The minimum Gasteiger partial charge on any atom is -0.495 e. The third kappa shape index (κ3) is 4.95. The summed E-state index contributed by atoms with van der Waals surface area (Å²) in [5.74, 6) is 0.626. The van der Waals surface area contributed by atoms with Gasteiger partial charge < -0.3 is 20.3 Å². The maximum atomic E-state index is 12.6. The fraction of sp³-hybridized carbons (Fsp3) is 0.333. The van der Waals surface area contributed by atoms with Crippen LogP contribution in [0.5, 0.6) is 5.75 Å². The average molecular weight is 402 g/mol. The van der Waals surface area contributed by atoms with Crippen LogP contribution in [0.2, 0.25) is 5.02 Å². The summed E-state index contributed by atoms with van der Waals surface area (Å²) < 4.78 is 5.28. The van der Waals surface area contributed by atoms with Crippen molar-refractivity contribution in [1.82, 2.24) is 10.2 Å². The number of para-hydroxylation sites is 2. The molecule has 28 heavy (non-hydrogen) atoms. The number of rotatable bonds is 5. The van der Waals surface area contributed by atoms with E-state index in [9.17, 15) is 9.59 Å². The topological polar surface area (TPSA) is 70.7 Å². The van der Waals surface area contributed by atoms with Crippen molar-refractivity contribution >= 4 is 29.2 Å². The van der Waals surface area contributed by atoms with Gasteiger partial charge >= 0.3 is 6.03 Å². The Morgan fingerprint density at radius 2 is 1.93 bits per heavy atom. The highest BCUT2D eigenvalue weighted by atomic mass is 35.5. The van der Waals surface area contributed by atoms with Crippen LogP contribution in [0.25, 0.3) is 0 Å². The number of likely N-dealkylation sites (tertiary alicyclic amines) is 1. The smallest absolute Gasteiger partial charge is 0.321 e. The molecule has 0 aliphatic carbocycles. The molecule has 0 aromatic heterocycles. The Kier molecular flexibility index (Phi) is 6.76. The Labute approximate surface area is 169 Å². The molecule has 3 rings (SSSR count). The largest absolute Gasteiger partial charge is 0.495 e. The monoisotopic (exact) mass is 401 g/mol. The molecule has 0 unspecified atom stereocenters. The third-order valence-electron chi connectivity index (χ3n) is 4.82. The van der Waals surface area contributed by atoms with E-state index in [4.69, 9.17) is 16.3 Å². The highest BCUT2D eigenvalue weighted by Crippen LogP contribution is 2.24. The second-order valence-electron chi connectivity index (χ2n) is 6.77. The molecule has 1 heterocycles. The molecular weight excluding hydrogens is 378 g/mol. The van der Waals surface area contributed by atoms with Crippen LogP contribution in [0.3, 0.4) is 0 Å². The van der Waals surface area contributed by atoms with Crippen molar-refractivity contribution in [2.24, 2.45) is 5.92 Å². The predicted molar refractivity (Wildman–Crippen MR) is 110 cm³/mol. The summed E-state index contributed by atoms with van der Waals surface area (Å²) in [5.41, 5.74) is 1.11. The lowest BCUT2D eigenvalue weighted by Crippen LogP contribution is -2.45. The zero-order valence-corrected chi connectivity index (χ0v) is 16.5. The maximum Gasteiger partial charge on any atom is 0.321 e. The molecule has 2 aromatic rings. The SMILES string of the molecule is COc1ccccc1NC(=O)N1CCC[C@H](CNC(=O)c2ccccc2Cl)C1. The highest BCUT2D eigenvalue weighted by Gasteiger charge is 2.25. The van der Waals surface area contributed by atoms with Crippen molar-refractivity contribution < 1.29 is 14.3 Å². The van der Waals surface area contributed by atoms with Crippen molar-refractivity contribution in [3.05, 3.63) is 59.1 Å². The fourth-order valence-electron chi connectivity index (χ4n) is 3.34. The van der Waals surface area contributed by atoms with Crippen LogP contribution in [0.15, 0.2) is 48.5 Å². The first-order valence-electron chi connectivity index (χ1n) is 9.30. The number of carbonyl (C=O) groups is 2. The lowest BCUT2D eigenvalue weighted by Gasteiger charge is -2.33. The van der Waals surface area contributed by atoms with Crippen LogP contribution >= 0.6 is 11.6 Å². The molecule has 0 radical (unpaired) electrons. The normalized spacial score (nSPS) is 16.4. The molecule has 7 heteroatoms. The van der Waals surface area contributed by atoms with Gasteiger partial charge in [-0.2, -0.15) is 0 Å². The van der Waals surface area contributed by atoms with Gasteiger partial charge in [0.25, 0.3) is 5.91 Å². The number of piperidine rings is 1. The van der Waals surface area contributed by atoms with E-state index >= 15 is 0 Å². The molecule has 0 bridgehead atoms. The summed E-state index contributed by atoms with van der Waals surface area (Å²) in [6, 6.07) is 14.1. The Morgan fingerprint density at radius 1 is 1.18 bits per heavy atom. The summed E-state index contributed by atoms with van der Waals surface area (Å²) in [4.78, 5) is 26.8. The van der Waals surface area contributed by atoms with Crippen LogP contribution < -0.4 is 15.4 Å². The first-order valence-corrected chi connectivity index (χ1v) is 9.68. The molecule has 1 saturated heterocycles. The second-order valence-corrected chi connectivity index (χ2v) is 7.18. The van der Waals surface area contributed by atoms with Gasteiger partial charge in [-0.05, 0) is 43.0 Å². The summed E-state index contributed by atoms with van der Waals surface area (Å²) in [6.45, 7) is 1.78. The number of nitrogens with zero attached hydrogens (tertiary/aromatic N) is 1. The Bertz CT molecular complexity index is 843. The first kappa shape index (κ1) is 20.0. The Morgan fingerprint density at radius 3 is 2.71 bits per heavy atom. The van der Waals surface area contributed by atoms with Crippen molar-refractivity contribution in [2.45, 2.75) is 12.8 Å². The van der Waals surface area contributed by atoms with Gasteiger partial charge in [0, 0.05) is 19.6 Å². The molecule has 1 aliphatic heterocycles. The number of carbonyl (C=O) groups excluding carboxylic acids is 2. The lowest BCUT2D eigenvalue weighted by atomic mass is 9.98. The van der Waals surface area contributed by atoms with E-state index in [-0.39, 0.29) is 17.9 Å². The zero-order valence-electron chi connectivity index (χ0n) is 15.8. The molecule has 2 aromatic carbocycles. The molecule has 1 fully saturated rings. The Hall–Kier alpha value is -2.73. The van der Waals surface area contributed by atoms with Crippen molar-refractivity contribution in [1.29, 1.82) is 0 Å². The van der Waals surface area contributed by atoms with E-state index in [2.05, 4.69) is 10.6 Å². The minimum absolute atomic E-state index is 0.161. The molecule has 6 nitrogen and oxygen atoms in total. The van der Waals surface area contributed by atoms with Crippen molar-refractivity contribution in [3.63, 3.8) is 0 Å². The van der Waals surface area contributed by atoms with E-state index in [0.29, 0.717) is 41.7 Å². The van der Waals surface area contributed by atoms with Crippen LogP contribution in [-0.4, -0.2) is 43.6 Å². The number of benzene rings is 2. The quantitative estimate of drug-likeness (QED) is 0.794. The molecule has 0 saturated carbocycles. The van der Waals surface area contributed by atoms with Crippen molar-refractivity contribution in [3.8, 4) is 5.75 Å². The standard InChI is InChI=1S/C21H24ClN3O3/c1-28-19-11-5-4-10-18(19)24-21(27)25-12-6-7-15(14-25)13-23-20(26)16-8-2-3-9-17(16)22/h2-5,8-11,15H,6-7,12-14H2,1H3,(H,23,26)(H,24,27)/t15-/m1/s1.